The molecule has 1 aromatic heterocycles. The lowest BCUT2D eigenvalue weighted by Gasteiger charge is -1.86. The normalized spacial score (nSPS) is 9.36. The van der Waals surface area contributed by atoms with Gasteiger partial charge in [-0.05, 0) is 4.92 Å². The number of nitro groups is 2. The molecule has 0 aliphatic heterocycles. The quantitative estimate of drug-likeness (QED) is 0.373. The second-order valence-corrected chi connectivity index (χ2v) is 2.09. The lowest BCUT2D eigenvalue weighted by molar-refractivity contribution is -0.424. The molecule has 0 saturated heterocycles. The fourth-order valence-electron chi connectivity index (χ4n) is 0.809. The zero-order valence-electron chi connectivity index (χ0n) is 6.45. The van der Waals surface area contributed by atoms with Crippen LogP contribution in [-0.4, -0.2) is 19.7 Å². The number of hydrogen-bond acceptors (Lipinski definition) is 7. The van der Waals surface area contributed by atoms with Crippen molar-refractivity contribution in [1.29, 1.82) is 5.26 Å². The molecule has 1 rings (SSSR count). The van der Waals surface area contributed by atoms with Crippen LogP contribution in [0.5, 0.6) is 0 Å². The van der Waals surface area contributed by atoms with Crippen LogP contribution in [0.3, 0.4) is 0 Å². The molecule has 2 N–H and O–H groups in total. The molecule has 14 heavy (non-hydrogen) atoms. The summed E-state index contributed by atoms with van der Waals surface area (Å²) in [6.07, 6.45) is 0. The maximum absolute atomic E-state index is 10.4. The third-order valence-corrected chi connectivity index (χ3v) is 1.33. The summed E-state index contributed by atoms with van der Waals surface area (Å²) in [4.78, 5) is 18.8. The van der Waals surface area contributed by atoms with E-state index in [9.17, 15) is 20.2 Å². The zero-order chi connectivity index (χ0) is 10.9. The van der Waals surface area contributed by atoms with Gasteiger partial charge in [0.05, 0.1) is 10.0 Å². The van der Waals surface area contributed by atoms with E-state index in [4.69, 9.17) is 11.1 Å². The van der Waals surface area contributed by atoms with Crippen molar-refractivity contribution in [1.82, 2.24) is 9.89 Å². The Morgan fingerprint density at radius 3 is 2.36 bits per heavy atom. The molecule has 10 heteroatoms. The van der Waals surface area contributed by atoms with E-state index in [0.717, 1.165) is 0 Å². The fraction of sp³-hybridized carbons (Fsp3) is 0. The SMILES string of the molecule is N#Cc1c([N+](=O)[O-])c([N+](=O)[O-])nn1N. The van der Waals surface area contributed by atoms with Crippen molar-refractivity contribution < 1.29 is 9.85 Å². The number of nitrogen functional groups attached to an aromatic ring is 1. The summed E-state index contributed by atoms with van der Waals surface area (Å²) in [7, 11) is 0. The number of nitriles is 1. The van der Waals surface area contributed by atoms with Gasteiger partial charge in [0.25, 0.3) is 5.69 Å². The van der Waals surface area contributed by atoms with Gasteiger partial charge in [-0.25, -0.2) is 0 Å². The number of nitrogens with two attached hydrogens (primary N) is 1. The Bertz CT molecular complexity index is 455. The third-order valence-electron chi connectivity index (χ3n) is 1.33. The Balaban J connectivity index is 3.56. The highest BCUT2D eigenvalue weighted by molar-refractivity contribution is 5.56. The number of hydrogen-bond donors (Lipinski definition) is 1. The van der Waals surface area contributed by atoms with Crippen LogP contribution in [0.2, 0.25) is 0 Å². The van der Waals surface area contributed by atoms with Crippen LogP contribution in [-0.2, 0) is 0 Å². The second-order valence-electron chi connectivity index (χ2n) is 2.09. The van der Waals surface area contributed by atoms with Gasteiger partial charge in [-0.3, -0.25) is 10.1 Å². The van der Waals surface area contributed by atoms with Gasteiger partial charge >= 0.3 is 11.5 Å². The predicted molar refractivity (Wildman–Crippen MR) is 40.4 cm³/mol. The Hall–Kier alpha value is -2.70. The largest absolute Gasteiger partial charge is 0.471 e. The van der Waals surface area contributed by atoms with Crippen LogP contribution in [0.25, 0.3) is 0 Å². The van der Waals surface area contributed by atoms with E-state index >= 15 is 0 Å². The molecule has 0 amide bonds. The first-order chi connectivity index (χ1) is 6.49. The maximum atomic E-state index is 10.4. The Morgan fingerprint density at radius 2 is 2.00 bits per heavy atom. The molecule has 0 bridgehead atoms. The standard InChI is InChI=1S/C4H2N6O4/c5-1-2-3(9(11)12)4(10(13)14)7-8(2)6/h6H2. The summed E-state index contributed by atoms with van der Waals surface area (Å²) < 4.78 is 0. The first-order valence-electron chi connectivity index (χ1n) is 3.06. The van der Waals surface area contributed by atoms with Gasteiger partial charge in [-0.15, -0.1) is 0 Å². The molecule has 1 heterocycles. The van der Waals surface area contributed by atoms with Crippen LogP contribution >= 0.6 is 0 Å². The molecule has 0 aliphatic carbocycles. The predicted octanol–water partition coefficient (Wildman–Crippen LogP) is -0.715. The van der Waals surface area contributed by atoms with E-state index in [1.54, 1.807) is 0 Å². The minimum atomic E-state index is -1.08. The van der Waals surface area contributed by atoms with Crippen molar-refractivity contribution in [3.8, 4) is 6.07 Å². The van der Waals surface area contributed by atoms with Crippen LogP contribution in [0.1, 0.15) is 5.69 Å². The molecule has 0 aromatic carbocycles. The van der Waals surface area contributed by atoms with Gasteiger partial charge in [0.1, 0.15) is 6.07 Å². The first kappa shape index (κ1) is 9.39. The summed E-state index contributed by atoms with van der Waals surface area (Å²) in [6.45, 7) is 0. The van der Waals surface area contributed by atoms with Gasteiger partial charge in [0.2, 0.25) is 0 Å². The van der Waals surface area contributed by atoms with E-state index in [1.165, 1.54) is 6.07 Å². The summed E-state index contributed by atoms with van der Waals surface area (Å²) in [5.74, 6) is 3.96. The first-order valence-corrected chi connectivity index (χ1v) is 3.06. The average Bonchev–Trinajstić information content (AvgIpc) is 2.42. The number of nitrogens with zero attached hydrogens (tertiary/aromatic N) is 5. The smallest absolute Gasteiger partial charge is 0.358 e. The van der Waals surface area contributed by atoms with E-state index in [1.807, 2.05) is 0 Å². The van der Waals surface area contributed by atoms with Crippen molar-refractivity contribution in [2.24, 2.45) is 0 Å². The molecule has 0 spiro atoms. The van der Waals surface area contributed by atoms with Crippen LogP contribution in [0.4, 0.5) is 11.5 Å². The van der Waals surface area contributed by atoms with Crippen LogP contribution in [0, 0.1) is 31.6 Å². The number of rotatable bonds is 2. The van der Waals surface area contributed by atoms with Crippen molar-refractivity contribution in [3.05, 3.63) is 25.9 Å². The fourth-order valence-corrected chi connectivity index (χ4v) is 0.809. The lowest BCUT2D eigenvalue weighted by Crippen LogP contribution is -2.12. The summed E-state index contributed by atoms with van der Waals surface area (Å²) >= 11 is 0. The van der Waals surface area contributed by atoms with Crippen LogP contribution in [0.15, 0.2) is 0 Å². The molecule has 0 fully saturated rings. The maximum Gasteiger partial charge on any atom is 0.471 e. The molecular formula is C4H2N6O4. The molecule has 0 atom stereocenters. The molecule has 1 aromatic rings. The second kappa shape index (κ2) is 2.98. The molecule has 72 valence electrons. The number of aromatic nitrogens is 2. The Morgan fingerprint density at radius 1 is 1.43 bits per heavy atom. The summed E-state index contributed by atoms with van der Waals surface area (Å²) in [6, 6.07) is 1.35. The van der Waals surface area contributed by atoms with Gasteiger partial charge in [-0.1, -0.05) is 4.79 Å². The molecule has 0 saturated carbocycles. The van der Waals surface area contributed by atoms with E-state index in [2.05, 4.69) is 5.10 Å². The van der Waals surface area contributed by atoms with Gasteiger partial charge < -0.3 is 16.0 Å². The summed E-state index contributed by atoms with van der Waals surface area (Å²) in [5.41, 5.74) is -1.67. The zero-order valence-corrected chi connectivity index (χ0v) is 6.45. The van der Waals surface area contributed by atoms with Gasteiger partial charge in [-0.2, -0.15) is 5.26 Å². The average molecular weight is 198 g/mol. The minimum Gasteiger partial charge on any atom is -0.358 e. The molecular weight excluding hydrogens is 196 g/mol. The third kappa shape index (κ3) is 1.18. The highest BCUT2D eigenvalue weighted by Crippen LogP contribution is 2.27. The van der Waals surface area contributed by atoms with Crippen molar-refractivity contribution in [3.63, 3.8) is 0 Å². The van der Waals surface area contributed by atoms with Crippen molar-refractivity contribution in [2.45, 2.75) is 0 Å². The molecule has 0 unspecified atom stereocenters. The molecule has 10 nitrogen and oxygen atoms in total. The lowest BCUT2D eigenvalue weighted by atomic mass is 10.4. The topological polar surface area (TPSA) is 154 Å². The Kier molecular flexibility index (Phi) is 2.00. The van der Waals surface area contributed by atoms with E-state index in [-0.39, 0.29) is 0 Å². The summed E-state index contributed by atoms with van der Waals surface area (Å²) in [5, 5.41) is 32.1. The van der Waals surface area contributed by atoms with Gasteiger partial charge in [0.15, 0.2) is 0 Å². The molecule has 0 aliphatic rings. The van der Waals surface area contributed by atoms with Crippen LogP contribution < -0.4 is 5.84 Å². The van der Waals surface area contributed by atoms with E-state index < -0.39 is 27.0 Å². The monoisotopic (exact) mass is 198 g/mol. The highest BCUT2D eigenvalue weighted by atomic mass is 16.6. The van der Waals surface area contributed by atoms with Crippen molar-refractivity contribution in [2.75, 3.05) is 5.84 Å². The Labute approximate surface area is 75.4 Å². The molecule has 0 radical (unpaired) electrons. The minimum absolute atomic E-state index is 0.302. The van der Waals surface area contributed by atoms with Gasteiger partial charge in [0, 0.05) is 0 Å². The van der Waals surface area contributed by atoms with E-state index in [0.29, 0.717) is 4.79 Å². The highest BCUT2D eigenvalue weighted by Gasteiger charge is 2.37. The van der Waals surface area contributed by atoms with Crippen molar-refractivity contribution >= 4 is 11.5 Å².